The predicted octanol–water partition coefficient (Wildman–Crippen LogP) is 4.52. The van der Waals surface area contributed by atoms with Crippen LogP contribution in [0.15, 0.2) is 48.5 Å². The van der Waals surface area contributed by atoms with E-state index < -0.39 is 5.97 Å². The fourth-order valence-electron chi connectivity index (χ4n) is 1.92. The van der Waals surface area contributed by atoms with E-state index in [1.807, 2.05) is 0 Å². The largest absolute Gasteiger partial charge is 0.497 e. The second-order valence-corrected chi connectivity index (χ2v) is 5.01. The van der Waals surface area contributed by atoms with Gasteiger partial charge in [0.1, 0.15) is 5.75 Å². The van der Waals surface area contributed by atoms with Gasteiger partial charge in [-0.3, -0.25) is 0 Å². The molecule has 5 heteroatoms. The number of aliphatic carboxylic acids is 1. The van der Waals surface area contributed by atoms with Crippen LogP contribution in [0.4, 0.5) is 0 Å². The van der Waals surface area contributed by atoms with E-state index in [0.717, 1.165) is 6.08 Å². The van der Waals surface area contributed by atoms with Crippen molar-refractivity contribution in [1.29, 1.82) is 0 Å². The molecule has 0 saturated heterocycles. The zero-order chi connectivity index (χ0) is 15.4. The van der Waals surface area contributed by atoms with Crippen LogP contribution in [0.1, 0.15) is 11.1 Å². The van der Waals surface area contributed by atoms with Crippen LogP contribution in [0.5, 0.6) is 5.75 Å². The van der Waals surface area contributed by atoms with Crippen molar-refractivity contribution < 1.29 is 14.6 Å². The number of rotatable bonds is 4. The summed E-state index contributed by atoms with van der Waals surface area (Å²) in [6.07, 6.45) is 1.11. The fourth-order valence-corrected chi connectivity index (χ4v) is 2.32. The number of halogens is 2. The minimum absolute atomic E-state index is 0.322. The third kappa shape index (κ3) is 3.57. The molecule has 0 amide bonds. The van der Waals surface area contributed by atoms with Crippen LogP contribution in [0.2, 0.25) is 10.0 Å². The Morgan fingerprint density at radius 2 is 1.81 bits per heavy atom. The smallest absolute Gasteiger partial charge is 0.328 e. The Labute approximate surface area is 132 Å². The summed E-state index contributed by atoms with van der Waals surface area (Å²) in [5, 5.41) is 9.79. The number of hydrogen-bond acceptors (Lipinski definition) is 2. The molecule has 2 aromatic rings. The van der Waals surface area contributed by atoms with Crippen LogP contribution in [-0.4, -0.2) is 18.2 Å². The Morgan fingerprint density at radius 1 is 1.14 bits per heavy atom. The van der Waals surface area contributed by atoms with E-state index in [2.05, 4.69) is 0 Å². The maximum atomic E-state index is 11.1. The highest BCUT2D eigenvalue weighted by molar-refractivity contribution is 6.43. The van der Waals surface area contributed by atoms with E-state index in [9.17, 15) is 4.79 Å². The van der Waals surface area contributed by atoms with Crippen molar-refractivity contribution in [3.63, 3.8) is 0 Å². The molecule has 0 radical (unpaired) electrons. The highest BCUT2D eigenvalue weighted by atomic mass is 35.5. The van der Waals surface area contributed by atoms with Crippen LogP contribution in [0.25, 0.3) is 5.57 Å². The molecule has 0 aliphatic heterocycles. The number of carboxylic acid groups (broad SMARTS) is 1. The van der Waals surface area contributed by atoms with E-state index in [0.29, 0.717) is 32.5 Å². The molecule has 1 N–H and O–H groups in total. The lowest BCUT2D eigenvalue weighted by Gasteiger charge is -2.11. The number of methoxy groups -OCH3 is 1. The van der Waals surface area contributed by atoms with E-state index in [1.54, 1.807) is 49.6 Å². The average molecular weight is 323 g/mol. The predicted molar refractivity (Wildman–Crippen MR) is 84.2 cm³/mol. The van der Waals surface area contributed by atoms with Gasteiger partial charge in [0.25, 0.3) is 0 Å². The van der Waals surface area contributed by atoms with Crippen LogP contribution in [0.3, 0.4) is 0 Å². The first-order chi connectivity index (χ1) is 10.0. The number of hydrogen-bond donors (Lipinski definition) is 1. The maximum absolute atomic E-state index is 11.1. The zero-order valence-corrected chi connectivity index (χ0v) is 12.7. The summed E-state index contributed by atoms with van der Waals surface area (Å²) in [4.78, 5) is 11.1. The number of benzene rings is 2. The third-order valence-corrected chi connectivity index (χ3v) is 3.73. The Balaban J connectivity index is 2.58. The first kappa shape index (κ1) is 15.4. The molecule has 108 valence electrons. The minimum atomic E-state index is -1.06. The van der Waals surface area contributed by atoms with Gasteiger partial charge in [0, 0.05) is 11.6 Å². The van der Waals surface area contributed by atoms with Gasteiger partial charge in [0.05, 0.1) is 17.2 Å². The number of carboxylic acids is 1. The van der Waals surface area contributed by atoms with Gasteiger partial charge in [-0.05, 0) is 29.3 Å². The second-order valence-electron chi connectivity index (χ2n) is 4.23. The van der Waals surface area contributed by atoms with E-state index in [1.165, 1.54) is 0 Å². The summed E-state index contributed by atoms with van der Waals surface area (Å²) in [6, 6.07) is 12.2. The van der Waals surface area contributed by atoms with Gasteiger partial charge in [0.2, 0.25) is 0 Å². The van der Waals surface area contributed by atoms with Gasteiger partial charge < -0.3 is 9.84 Å². The van der Waals surface area contributed by atoms with Crippen LogP contribution < -0.4 is 4.74 Å². The van der Waals surface area contributed by atoms with E-state index >= 15 is 0 Å². The summed E-state index contributed by atoms with van der Waals surface area (Å²) in [7, 11) is 1.57. The standard InChI is InChI=1S/C16H12Cl2O3/c1-21-11-7-5-10(6-8-11)13(9-15(19)20)12-3-2-4-14(17)16(12)18/h2-9H,1H3,(H,19,20)/b13-9-. The van der Waals surface area contributed by atoms with Gasteiger partial charge in [-0.2, -0.15) is 0 Å². The molecule has 0 spiro atoms. The maximum Gasteiger partial charge on any atom is 0.328 e. The molecular weight excluding hydrogens is 311 g/mol. The quantitative estimate of drug-likeness (QED) is 0.842. The Kier molecular flexibility index (Phi) is 4.89. The zero-order valence-electron chi connectivity index (χ0n) is 11.1. The number of ether oxygens (including phenoxy) is 1. The Morgan fingerprint density at radius 3 is 2.38 bits per heavy atom. The summed E-state index contributed by atoms with van der Waals surface area (Å²) in [5.74, 6) is -0.373. The van der Waals surface area contributed by atoms with Crippen molar-refractivity contribution in [2.24, 2.45) is 0 Å². The minimum Gasteiger partial charge on any atom is -0.497 e. The molecule has 0 fully saturated rings. The molecule has 3 nitrogen and oxygen atoms in total. The summed E-state index contributed by atoms with van der Waals surface area (Å²) in [6.45, 7) is 0. The van der Waals surface area contributed by atoms with Crippen molar-refractivity contribution in [2.45, 2.75) is 0 Å². The van der Waals surface area contributed by atoms with E-state index in [4.69, 9.17) is 33.0 Å². The topological polar surface area (TPSA) is 46.5 Å². The van der Waals surface area contributed by atoms with Gasteiger partial charge in [0.15, 0.2) is 0 Å². The van der Waals surface area contributed by atoms with Crippen LogP contribution in [-0.2, 0) is 4.79 Å². The van der Waals surface area contributed by atoms with Gasteiger partial charge >= 0.3 is 5.97 Å². The molecule has 0 unspecified atom stereocenters. The highest BCUT2D eigenvalue weighted by Crippen LogP contribution is 2.34. The number of carbonyl (C=O) groups is 1. The first-order valence-corrected chi connectivity index (χ1v) is 6.82. The lowest BCUT2D eigenvalue weighted by Crippen LogP contribution is -1.96. The van der Waals surface area contributed by atoms with Crippen molar-refractivity contribution in [1.82, 2.24) is 0 Å². The van der Waals surface area contributed by atoms with Gasteiger partial charge in [-0.25, -0.2) is 4.79 Å². The summed E-state index contributed by atoms with van der Waals surface area (Å²) in [5.41, 5.74) is 1.76. The molecule has 0 aromatic heterocycles. The highest BCUT2D eigenvalue weighted by Gasteiger charge is 2.13. The molecule has 2 rings (SSSR count). The molecule has 0 saturated carbocycles. The molecule has 0 heterocycles. The first-order valence-electron chi connectivity index (χ1n) is 6.06. The normalized spacial score (nSPS) is 11.3. The molecule has 0 bridgehead atoms. The molecule has 0 atom stereocenters. The molecule has 0 aliphatic carbocycles. The Bertz CT molecular complexity index is 691. The monoisotopic (exact) mass is 322 g/mol. The summed E-state index contributed by atoms with van der Waals surface area (Å²) >= 11 is 12.2. The van der Waals surface area contributed by atoms with Crippen LogP contribution in [0, 0.1) is 0 Å². The third-order valence-electron chi connectivity index (χ3n) is 2.91. The second kappa shape index (κ2) is 6.66. The van der Waals surface area contributed by atoms with Gasteiger partial charge in [-0.1, -0.05) is 47.5 Å². The summed E-state index contributed by atoms with van der Waals surface area (Å²) < 4.78 is 5.10. The molecule has 21 heavy (non-hydrogen) atoms. The van der Waals surface area contributed by atoms with Crippen LogP contribution >= 0.6 is 23.2 Å². The van der Waals surface area contributed by atoms with Crippen molar-refractivity contribution >= 4 is 34.7 Å². The Hall–Kier alpha value is -1.97. The van der Waals surface area contributed by atoms with Crippen molar-refractivity contribution in [2.75, 3.05) is 7.11 Å². The molecule has 2 aromatic carbocycles. The average Bonchev–Trinajstić information content (AvgIpc) is 2.48. The lowest BCUT2D eigenvalue weighted by molar-refractivity contribution is -0.131. The van der Waals surface area contributed by atoms with Gasteiger partial charge in [-0.15, -0.1) is 0 Å². The van der Waals surface area contributed by atoms with Crippen molar-refractivity contribution in [3.8, 4) is 5.75 Å². The fraction of sp³-hybridized carbons (Fsp3) is 0.0625. The van der Waals surface area contributed by atoms with E-state index in [-0.39, 0.29) is 0 Å². The molecule has 0 aliphatic rings. The van der Waals surface area contributed by atoms with Crippen molar-refractivity contribution in [3.05, 3.63) is 69.7 Å². The lowest BCUT2D eigenvalue weighted by atomic mass is 9.97. The SMILES string of the molecule is COc1ccc(/C(=C/C(=O)O)c2cccc(Cl)c2Cl)cc1. The molecular formula is C16H12Cl2O3.